The number of esters is 1. The fourth-order valence-corrected chi connectivity index (χ4v) is 2.41. The fraction of sp³-hybridized carbons (Fsp3) is 0.571. The molecule has 3 rings (SSSR count). The van der Waals surface area contributed by atoms with Gasteiger partial charge in [-0.3, -0.25) is 0 Å². The van der Waals surface area contributed by atoms with Crippen LogP contribution < -0.4 is 4.90 Å². The maximum atomic E-state index is 11.9. The summed E-state index contributed by atoms with van der Waals surface area (Å²) in [5, 5.41) is 0. The molecule has 1 aliphatic heterocycles. The Morgan fingerprint density at radius 2 is 2.32 bits per heavy atom. The number of fused-ring (bicyclic) bond motifs is 1. The lowest BCUT2D eigenvalue weighted by Crippen LogP contribution is -2.24. The molecule has 5 heteroatoms. The van der Waals surface area contributed by atoms with Gasteiger partial charge >= 0.3 is 5.97 Å². The molecule has 1 aromatic heterocycles. The van der Waals surface area contributed by atoms with E-state index in [-0.39, 0.29) is 5.97 Å². The van der Waals surface area contributed by atoms with Crippen LogP contribution in [-0.2, 0) is 22.7 Å². The molecule has 1 fully saturated rings. The first-order valence-corrected chi connectivity index (χ1v) is 6.59. The quantitative estimate of drug-likeness (QED) is 0.774. The van der Waals surface area contributed by atoms with Gasteiger partial charge in [0.1, 0.15) is 11.4 Å². The third-order valence-electron chi connectivity index (χ3n) is 3.66. The molecule has 0 unspecified atom stereocenters. The summed E-state index contributed by atoms with van der Waals surface area (Å²) in [5.41, 5.74) is 2.46. The van der Waals surface area contributed by atoms with E-state index in [9.17, 15) is 4.79 Å². The highest BCUT2D eigenvalue weighted by molar-refractivity contribution is 5.95. The zero-order chi connectivity index (χ0) is 13.4. The number of methoxy groups -OCH3 is 1. The topological polar surface area (TPSA) is 51.7 Å². The minimum Gasteiger partial charge on any atom is -0.465 e. The molecule has 1 saturated carbocycles. The van der Waals surface area contributed by atoms with Crippen LogP contribution in [-0.4, -0.2) is 31.7 Å². The second kappa shape index (κ2) is 4.81. The lowest BCUT2D eigenvalue weighted by molar-refractivity contribution is 0.0601. The van der Waals surface area contributed by atoms with Crippen molar-refractivity contribution >= 4 is 11.8 Å². The van der Waals surface area contributed by atoms with Gasteiger partial charge in [0.15, 0.2) is 0 Å². The maximum Gasteiger partial charge on any atom is 0.341 e. The van der Waals surface area contributed by atoms with Gasteiger partial charge in [0.2, 0.25) is 0 Å². The van der Waals surface area contributed by atoms with Crippen molar-refractivity contribution < 1.29 is 14.3 Å². The highest BCUT2D eigenvalue weighted by Crippen LogP contribution is 2.32. The van der Waals surface area contributed by atoms with Crippen LogP contribution in [0.3, 0.4) is 0 Å². The van der Waals surface area contributed by atoms with E-state index in [1.54, 1.807) is 0 Å². The third-order valence-corrected chi connectivity index (χ3v) is 3.66. The fourth-order valence-electron chi connectivity index (χ4n) is 2.41. The lowest BCUT2D eigenvalue weighted by atomic mass is 10.1. The number of anilines is 1. The smallest absolute Gasteiger partial charge is 0.341 e. The molecular formula is C14H18N2O3. The Morgan fingerprint density at radius 1 is 1.53 bits per heavy atom. The van der Waals surface area contributed by atoms with Gasteiger partial charge in [-0.15, -0.1) is 0 Å². The monoisotopic (exact) mass is 262 g/mol. The van der Waals surface area contributed by atoms with Crippen LogP contribution in [0.4, 0.5) is 5.82 Å². The average Bonchev–Trinajstić information content (AvgIpc) is 3.11. The van der Waals surface area contributed by atoms with Gasteiger partial charge in [0, 0.05) is 19.2 Å². The van der Waals surface area contributed by atoms with Crippen molar-refractivity contribution in [2.24, 2.45) is 5.92 Å². The second-order valence-corrected chi connectivity index (χ2v) is 5.27. The van der Waals surface area contributed by atoms with Crippen molar-refractivity contribution in [3.8, 4) is 0 Å². The van der Waals surface area contributed by atoms with Gasteiger partial charge in [-0.05, 0) is 24.8 Å². The SMILES string of the molecule is COC(=O)c1cc2c(nc1N(C)CC1CC1)COC2. The predicted octanol–water partition coefficient (Wildman–Crippen LogP) is 1.74. The van der Waals surface area contributed by atoms with Crippen molar-refractivity contribution in [1.29, 1.82) is 0 Å². The van der Waals surface area contributed by atoms with E-state index in [1.807, 2.05) is 13.1 Å². The number of carbonyl (C=O) groups excluding carboxylic acids is 1. The van der Waals surface area contributed by atoms with Crippen molar-refractivity contribution in [1.82, 2.24) is 4.98 Å². The van der Waals surface area contributed by atoms with E-state index in [2.05, 4.69) is 9.88 Å². The van der Waals surface area contributed by atoms with Crippen LogP contribution >= 0.6 is 0 Å². The Labute approximate surface area is 112 Å². The van der Waals surface area contributed by atoms with Gasteiger partial charge in [0.25, 0.3) is 0 Å². The molecule has 0 spiro atoms. The third kappa shape index (κ3) is 2.42. The number of hydrogen-bond donors (Lipinski definition) is 0. The summed E-state index contributed by atoms with van der Waals surface area (Å²) in [5.74, 6) is 1.12. The maximum absolute atomic E-state index is 11.9. The molecule has 102 valence electrons. The normalized spacial score (nSPS) is 17.2. The minimum atomic E-state index is -0.333. The first kappa shape index (κ1) is 12.4. The molecule has 0 aromatic carbocycles. The first-order valence-electron chi connectivity index (χ1n) is 6.59. The van der Waals surface area contributed by atoms with Crippen LogP contribution in [0.5, 0.6) is 0 Å². The summed E-state index contributed by atoms with van der Waals surface area (Å²) in [7, 11) is 3.38. The number of pyridine rings is 1. The van der Waals surface area contributed by atoms with Crippen molar-refractivity contribution in [3.05, 3.63) is 22.9 Å². The Balaban J connectivity index is 1.96. The molecule has 2 heterocycles. The molecule has 0 N–H and O–H groups in total. The number of ether oxygens (including phenoxy) is 2. The van der Waals surface area contributed by atoms with Gasteiger partial charge in [-0.1, -0.05) is 0 Å². The molecule has 19 heavy (non-hydrogen) atoms. The summed E-state index contributed by atoms with van der Waals surface area (Å²) in [6.45, 7) is 2.00. The van der Waals surface area contributed by atoms with Crippen LogP contribution in [0.25, 0.3) is 0 Å². The summed E-state index contributed by atoms with van der Waals surface area (Å²) in [4.78, 5) is 18.6. The Hall–Kier alpha value is -1.62. The summed E-state index contributed by atoms with van der Waals surface area (Å²) < 4.78 is 10.2. The molecular weight excluding hydrogens is 244 g/mol. The van der Waals surface area contributed by atoms with Crippen LogP contribution in [0.1, 0.15) is 34.5 Å². The van der Waals surface area contributed by atoms with E-state index in [0.717, 1.165) is 23.7 Å². The summed E-state index contributed by atoms with van der Waals surface area (Å²) in [6.07, 6.45) is 2.54. The zero-order valence-corrected chi connectivity index (χ0v) is 11.3. The van der Waals surface area contributed by atoms with Gasteiger partial charge in [0.05, 0.1) is 26.0 Å². The Morgan fingerprint density at radius 3 is 3.00 bits per heavy atom. The van der Waals surface area contributed by atoms with Gasteiger partial charge < -0.3 is 14.4 Å². The average molecular weight is 262 g/mol. The Kier molecular flexibility index (Phi) is 3.14. The molecule has 1 aromatic rings. The van der Waals surface area contributed by atoms with Crippen LogP contribution in [0.2, 0.25) is 0 Å². The van der Waals surface area contributed by atoms with E-state index in [4.69, 9.17) is 9.47 Å². The predicted molar refractivity (Wildman–Crippen MR) is 70.1 cm³/mol. The molecule has 0 amide bonds. The molecule has 0 radical (unpaired) electrons. The molecule has 5 nitrogen and oxygen atoms in total. The summed E-state index contributed by atoms with van der Waals surface area (Å²) in [6, 6.07) is 1.86. The van der Waals surface area contributed by atoms with Gasteiger partial charge in [-0.2, -0.15) is 0 Å². The number of nitrogens with zero attached hydrogens (tertiary/aromatic N) is 2. The van der Waals surface area contributed by atoms with Crippen LogP contribution in [0, 0.1) is 5.92 Å². The standard InChI is InChI=1S/C14H18N2O3/c1-16(6-9-3-4-9)13-11(14(17)18-2)5-10-7-19-8-12(10)15-13/h5,9H,3-4,6-8H2,1-2H3. The van der Waals surface area contributed by atoms with Crippen molar-refractivity contribution in [3.63, 3.8) is 0 Å². The van der Waals surface area contributed by atoms with Crippen molar-refractivity contribution in [2.45, 2.75) is 26.1 Å². The Bertz CT molecular complexity index is 512. The zero-order valence-electron chi connectivity index (χ0n) is 11.3. The van der Waals surface area contributed by atoms with Gasteiger partial charge in [-0.25, -0.2) is 9.78 Å². The van der Waals surface area contributed by atoms with E-state index >= 15 is 0 Å². The number of aromatic nitrogens is 1. The largest absolute Gasteiger partial charge is 0.465 e. The van der Waals surface area contributed by atoms with E-state index < -0.39 is 0 Å². The molecule has 0 atom stereocenters. The van der Waals surface area contributed by atoms with E-state index in [0.29, 0.717) is 24.6 Å². The second-order valence-electron chi connectivity index (χ2n) is 5.27. The first-order chi connectivity index (χ1) is 9.19. The van der Waals surface area contributed by atoms with E-state index in [1.165, 1.54) is 20.0 Å². The molecule has 2 aliphatic rings. The van der Waals surface area contributed by atoms with Crippen molar-refractivity contribution in [2.75, 3.05) is 25.6 Å². The lowest BCUT2D eigenvalue weighted by Gasteiger charge is -2.21. The summed E-state index contributed by atoms with van der Waals surface area (Å²) >= 11 is 0. The molecule has 0 bridgehead atoms. The highest BCUT2D eigenvalue weighted by Gasteiger charge is 2.27. The molecule has 0 saturated heterocycles. The number of rotatable bonds is 4. The number of hydrogen-bond acceptors (Lipinski definition) is 5. The number of carbonyl (C=O) groups is 1. The van der Waals surface area contributed by atoms with Crippen LogP contribution in [0.15, 0.2) is 6.07 Å². The molecule has 1 aliphatic carbocycles. The minimum absolute atomic E-state index is 0.333. The highest BCUT2D eigenvalue weighted by atomic mass is 16.5.